The zero-order valence-electron chi connectivity index (χ0n) is 20.2. The van der Waals surface area contributed by atoms with Crippen LogP contribution in [-0.4, -0.2) is 32.6 Å². The molecule has 0 unspecified atom stereocenters. The monoisotopic (exact) mass is 474 g/mol. The number of rotatable bonds is 11. The molecule has 0 aromatic heterocycles. The van der Waals surface area contributed by atoms with Gasteiger partial charge < -0.3 is 24.8 Å². The van der Waals surface area contributed by atoms with Gasteiger partial charge in [0.1, 0.15) is 17.2 Å². The first-order valence-corrected chi connectivity index (χ1v) is 11.4. The second kappa shape index (κ2) is 12.8. The summed E-state index contributed by atoms with van der Waals surface area (Å²) in [6.45, 7) is 2.81. The lowest BCUT2D eigenvalue weighted by atomic mass is 10.2. The summed E-state index contributed by atoms with van der Waals surface area (Å²) in [4.78, 5) is 25.1. The third-order valence-corrected chi connectivity index (χ3v) is 5.14. The van der Waals surface area contributed by atoms with Gasteiger partial charge >= 0.3 is 0 Å². The van der Waals surface area contributed by atoms with E-state index in [1.807, 2.05) is 30.3 Å². The first-order valence-electron chi connectivity index (χ1n) is 11.4. The van der Waals surface area contributed by atoms with Gasteiger partial charge in [-0.1, -0.05) is 43.7 Å². The molecule has 7 heteroatoms. The van der Waals surface area contributed by atoms with Crippen molar-refractivity contribution in [3.05, 3.63) is 83.9 Å². The van der Waals surface area contributed by atoms with E-state index in [9.17, 15) is 9.59 Å². The molecule has 182 valence electrons. The van der Waals surface area contributed by atoms with Crippen LogP contribution in [0.2, 0.25) is 0 Å². The predicted molar refractivity (Wildman–Crippen MR) is 138 cm³/mol. The van der Waals surface area contributed by atoms with E-state index in [4.69, 9.17) is 14.2 Å². The Kier molecular flexibility index (Phi) is 9.31. The number of unbranched alkanes of at least 4 members (excludes halogenated alkanes) is 1. The number of anilines is 2. The molecule has 2 amide bonds. The molecule has 0 aliphatic carbocycles. The molecule has 0 bridgehead atoms. The maximum Gasteiger partial charge on any atom is 0.255 e. The van der Waals surface area contributed by atoms with E-state index >= 15 is 0 Å². The van der Waals surface area contributed by atoms with E-state index in [2.05, 4.69) is 17.6 Å². The molecule has 0 radical (unpaired) electrons. The maximum atomic E-state index is 12.6. The van der Waals surface area contributed by atoms with Crippen molar-refractivity contribution >= 4 is 29.3 Å². The van der Waals surface area contributed by atoms with Gasteiger partial charge in [0, 0.05) is 23.8 Å². The topological polar surface area (TPSA) is 85.9 Å². The number of benzene rings is 3. The molecule has 0 saturated carbocycles. The molecule has 2 N–H and O–H groups in total. The summed E-state index contributed by atoms with van der Waals surface area (Å²) in [5.74, 6) is 0.941. The van der Waals surface area contributed by atoms with Crippen LogP contribution in [0.25, 0.3) is 6.08 Å². The molecule has 3 aromatic rings. The Labute approximate surface area is 205 Å². The van der Waals surface area contributed by atoms with Crippen LogP contribution >= 0.6 is 0 Å². The summed E-state index contributed by atoms with van der Waals surface area (Å²) < 4.78 is 16.5. The standard InChI is InChI=1S/C28H30N2O5/c1-4-5-17-35-22-14-11-20(12-15-22)13-16-27(31)29-23-18-26(34-3)24(19-25(23)33-2)30-28(32)21-9-7-6-8-10-21/h6-16,18-19H,4-5,17H2,1-3H3,(H,29,31)(H,30,32)/b16-13+. The molecule has 3 rings (SSSR count). The molecule has 3 aromatic carbocycles. The van der Waals surface area contributed by atoms with Gasteiger partial charge in [0.25, 0.3) is 5.91 Å². The molecule has 0 fully saturated rings. The highest BCUT2D eigenvalue weighted by atomic mass is 16.5. The van der Waals surface area contributed by atoms with Crippen LogP contribution in [0.1, 0.15) is 35.7 Å². The Morgan fingerprint density at radius 2 is 1.49 bits per heavy atom. The Bertz CT molecular complexity index is 1160. The van der Waals surface area contributed by atoms with E-state index in [1.54, 1.807) is 42.5 Å². The van der Waals surface area contributed by atoms with E-state index < -0.39 is 0 Å². The molecule has 0 atom stereocenters. The highest BCUT2D eigenvalue weighted by Gasteiger charge is 2.15. The smallest absolute Gasteiger partial charge is 0.255 e. The average molecular weight is 475 g/mol. The van der Waals surface area contributed by atoms with Crippen molar-refractivity contribution in [3.8, 4) is 17.2 Å². The number of hydrogen-bond acceptors (Lipinski definition) is 5. The number of amides is 2. The van der Waals surface area contributed by atoms with Gasteiger partial charge in [-0.25, -0.2) is 0 Å². The summed E-state index contributed by atoms with van der Waals surface area (Å²) in [5, 5.41) is 5.62. The van der Waals surface area contributed by atoms with Gasteiger partial charge in [-0.15, -0.1) is 0 Å². The van der Waals surface area contributed by atoms with Crippen molar-refractivity contribution in [1.82, 2.24) is 0 Å². The largest absolute Gasteiger partial charge is 0.494 e. The van der Waals surface area contributed by atoms with Crippen molar-refractivity contribution < 1.29 is 23.8 Å². The average Bonchev–Trinajstić information content (AvgIpc) is 2.89. The second-order valence-corrected chi connectivity index (χ2v) is 7.67. The first kappa shape index (κ1) is 25.4. The van der Waals surface area contributed by atoms with Crippen molar-refractivity contribution in [1.29, 1.82) is 0 Å². The normalized spacial score (nSPS) is 10.6. The maximum absolute atomic E-state index is 12.6. The van der Waals surface area contributed by atoms with Crippen LogP contribution in [0.15, 0.2) is 72.8 Å². The third-order valence-electron chi connectivity index (χ3n) is 5.14. The van der Waals surface area contributed by atoms with E-state index in [-0.39, 0.29) is 11.8 Å². The van der Waals surface area contributed by atoms with Crippen molar-refractivity contribution in [2.24, 2.45) is 0 Å². The lowest BCUT2D eigenvalue weighted by Crippen LogP contribution is -2.14. The van der Waals surface area contributed by atoms with Gasteiger partial charge in [-0.05, 0) is 42.3 Å². The van der Waals surface area contributed by atoms with Gasteiger partial charge in [-0.3, -0.25) is 9.59 Å². The first-order chi connectivity index (χ1) is 17.0. The molecule has 35 heavy (non-hydrogen) atoms. The molecule has 0 aliphatic rings. The fraction of sp³-hybridized carbons (Fsp3) is 0.214. The molecule has 7 nitrogen and oxygen atoms in total. The Morgan fingerprint density at radius 3 is 2.09 bits per heavy atom. The number of methoxy groups -OCH3 is 2. The Morgan fingerprint density at radius 1 is 0.857 bits per heavy atom. The number of nitrogens with one attached hydrogen (secondary N) is 2. The minimum absolute atomic E-state index is 0.285. The van der Waals surface area contributed by atoms with Crippen molar-refractivity contribution in [3.63, 3.8) is 0 Å². The molecule has 0 heterocycles. The summed E-state index contributed by atoms with van der Waals surface area (Å²) in [7, 11) is 2.97. The van der Waals surface area contributed by atoms with Crippen molar-refractivity contribution in [2.75, 3.05) is 31.5 Å². The fourth-order valence-corrected chi connectivity index (χ4v) is 3.23. The molecular weight excluding hydrogens is 444 g/mol. The lowest BCUT2D eigenvalue weighted by Gasteiger charge is -2.16. The molecule has 0 spiro atoms. The molecular formula is C28H30N2O5. The second-order valence-electron chi connectivity index (χ2n) is 7.67. The Hall–Kier alpha value is -4.26. The number of ether oxygens (including phenoxy) is 3. The van der Waals surface area contributed by atoms with E-state index in [0.29, 0.717) is 35.0 Å². The van der Waals surface area contributed by atoms with Crippen LogP contribution in [0.4, 0.5) is 11.4 Å². The van der Waals surface area contributed by atoms with Gasteiger partial charge in [0.05, 0.1) is 32.2 Å². The number of carbonyl (C=O) groups excluding carboxylic acids is 2. The number of carbonyl (C=O) groups is 2. The quantitative estimate of drug-likeness (QED) is 0.271. The highest BCUT2D eigenvalue weighted by molar-refractivity contribution is 6.06. The van der Waals surface area contributed by atoms with Crippen LogP contribution in [0, 0.1) is 0 Å². The fourth-order valence-electron chi connectivity index (χ4n) is 3.23. The van der Waals surface area contributed by atoms with Gasteiger partial charge in [0.2, 0.25) is 5.91 Å². The Balaban J connectivity index is 1.68. The number of hydrogen-bond donors (Lipinski definition) is 2. The van der Waals surface area contributed by atoms with Gasteiger partial charge in [0.15, 0.2) is 0 Å². The SMILES string of the molecule is CCCCOc1ccc(/C=C/C(=O)Nc2cc(OC)c(NC(=O)c3ccccc3)cc2OC)cc1. The van der Waals surface area contributed by atoms with E-state index in [0.717, 1.165) is 24.2 Å². The van der Waals surface area contributed by atoms with Crippen LogP contribution in [-0.2, 0) is 4.79 Å². The predicted octanol–water partition coefficient (Wildman–Crippen LogP) is 5.79. The lowest BCUT2D eigenvalue weighted by molar-refractivity contribution is -0.111. The third kappa shape index (κ3) is 7.37. The molecule has 0 saturated heterocycles. The van der Waals surface area contributed by atoms with Crippen LogP contribution < -0.4 is 24.8 Å². The minimum Gasteiger partial charge on any atom is -0.494 e. The summed E-state index contributed by atoms with van der Waals surface area (Å²) in [5.41, 5.74) is 2.22. The summed E-state index contributed by atoms with van der Waals surface area (Å²) in [6, 6.07) is 19.6. The zero-order valence-corrected chi connectivity index (χ0v) is 20.2. The van der Waals surface area contributed by atoms with Crippen LogP contribution in [0.5, 0.6) is 17.2 Å². The van der Waals surface area contributed by atoms with Crippen molar-refractivity contribution in [2.45, 2.75) is 19.8 Å². The summed E-state index contributed by atoms with van der Waals surface area (Å²) >= 11 is 0. The van der Waals surface area contributed by atoms with E-state index in [1.165, 1.54) is 20.3 Å². The highest BCUT2D eigenvalue weighted by Crippen LogP contribution is 2.36. The van der Waals surface area contributed by atoms with Crippen LogP contribution in [0.3, 0.4) is 0 Å². The van der Waals surface area contributed by atoms with Gasteiger partial charge in [-0.2, -0.15) is 0 Å². The zero-order chi connectivity index (χ0) is 25.0. The molecule has 0 aliphatic heterocycles. The summed E-state index contributed by atoms with van der Waals surface area (Å²) in [6.07, 6.45) is 5.24. The minimum atomic E-state index is -0.338.